The van der Waals surface area contributed by atoms with Crippen LogP contribution in [0.4, 0.5) is 0 Å². The Labute approximate surface area is 136 Å². The zero-order chi connectivity index (χ0) is 17.4. The van der Waals surface area contributed by atoms with Crippen molar-refractivity contribution in [2.45, 2.75) is 66.1 Å². The van der Waals surface area contributed by atoms with E-state index in [4.69, 9.17) is 0 Å². The van der Waals surface area contributed by atoms with Gasteiger partial charge in [-0.2, -0.15) is 0 Å². The Hall–Kier alpha value is -0.100. The number of hydrogen-bond donors (Lipinski definition) is 0. The molecule has 2 atom stereocenters. The van der Waals surface area contributed by atoms with Crippen molar-refractivity contribution in [3.63, 3.8) is 0 Å². The van der Waals surface area contributed by atoms with E-state index in [2.05, 4.69) is 20.8 Å². The third-order valence-electron chi connectivity index (χ3n) is 4.75. The van der Waals surface area contributed by atoms with Gasteiger partial charge < -0.3 is 0 Å². The molecule has 0 aliphatic carbocycles. The maximum absolute atomic E-state index is 11.4. The Kier molecular flexibility index (Phi) is 5.82. The summed E-state index contributed by atoms with van der Waals surface area (Å²) in [7, 11) is -5.42. The van der Waals surface area contributed by atoms with E-state index in [9.17, 15) is 16.8 Å². The van der Waals surface area contributed by atoms with E-state index in [0.29, 0.717) is 23.2 Å². The van der Waals surface area contributed by atoms with Crippen LogP contribution in [0.5, 0.6) is 0 Å². The quantitative estimate of drug-likeness (QED) is 0.672. The molecule has 0 N–H and O–H groups in total. The smallest absolute Gasteiger partial charge is 0.153 e. The van der Waals surface area contributed by atoms with Gasteiger partial charge in [-0.05, 0) is 36.0 Å². The van der Waals surface area contributed by atoms with Crippen LogP contribution >= 0.6 is 0 Å². The topological polar surface area (TPSA) is 68.3 Å². The van der Waals surface area contributed by atoms with E-state index in [-0.39, 0.29) is 16.1 Å². The summed E-state index contributed by atoms with van der Waals surface area (Å²) in [6, 6.07) is 0. The molecule has 2 aliphatic rings. The Bertz CT molecular complexity index is 575. The van der Waals surface area contributed by atoms with Crippen molar-refractivity contribution in [2.24, 2.45) is 16.7 Å². The predicted octanol–water partition coefficient (Wildman–Crippen LogP) is 3.08. The highest BCUT2D eigenvalue weighted by Gasteiger charge is 2.39. The summed E-state index contributed by atoms with van der Waals surface area (Å²) in [5.74, 6) is 1.56. The third-order valence-corrected chi connectivity index (χ3v) is 9.19. The highest BCUT2D eigenvalue weighted by molar-refractivity contribution is 7.92. The predicted molar refractivity (Wildman–Crippen MR) is 92.5 cm³/mol. The van der Waals surface area contributed by atoms with Crippen molar-refractivity contribution in [3.05, 3.63) is 0 Å². The van der Waals surface area contributed by atoms with E-state index in [1.54, 1.807) is 0 Å². The molecule has 0 bridgehead atoms. The van der Waals surface area contributed by atoms with Gasteiger partial charge in [0.25, 0.3) is 0 Å². The summed E-state index contributed by atoms with van der Waals surface area (Å²) in [4.78, 5) is 0. The molecular weight excluding hydrogens is 320 g/mol. The van der Waals surface area contributed by atoms with E-state index >= 15 is 0 Å². The molecule has 0 amide bonds. The van der Waals surface area contributed by atoms with Crippen LogP contribution in [0.3, 0.4) is 0 Å². The fraction of sp³-hybridized carbons (Fsp3) is 1.00. The van der Waals surface area contributed by atoms with Gasteiger partial charge in [-0.15, -0.1) is 0 Å². The second-order valence-electron chi connectivity index (χ2n) is 8.83. The van der Waals surface area contributed by atoms with E-state index in [0.717, 1.165) is 19.3 Å². The summed E-state index contributed by atoms with van der Waals surface area (Å²) < 4.78 is 45.0. The fourth-order valence-electron chi connectivity index (χ4n) is 3.24. The van der Waals surface area contributed by atoms with Crippen LogP contribution in [-0.4, -0.2) is 39.3 Å². The van der Waals surface area contributed by atoms with Crippen molar-refractivity contribution < 1.29 is 16.8 Å². The van der Waals surface area contributed by atoms with Crippen LogP contribution in [0, 0.1) is 16.7 Å². The largest absolute Gasteiger partial charge is 0.229 e. The van der Waals surface area contributed by atoms with Crippen LogP contribution in [0.15, 0.2) is 0 Å². The van der Waals surface area contributed by atoms with Crippen LogP contribution in [0.2, 0.25) is 0 Å². The zero-order valence-electron chi connectivity index (χ0n) is 14.8. The molecule has 2 fully saturated rings. The Morgan fingerprint density at radius 2 is 1.32 bits per heavy atom. The van der Waals surface area contributed by atoms with E-state index in [1.807, 2.05) is 20.8 Å². The van der Waals surface area contributed by atoms with Gasteiger partial charge in [0.2, 0.25) is 0 Å². The molecule has 0 aromatic carbocycles. The summed E-state index contributed by atoms with van der Waals surface area (Å²) in [6.07, 6.45) is 2.56. The van der Waals surface area contributed by atoms with Crippen LogP contribution in [0.1, 0.15) is 60.8 Å². The highest BCUT2D eigenvalue weighted by atomic mass is 32.2. The Morgan fingerprint density at radius 3 is 1.50 bits per heavy atom. The van der Waals surface area contributed by atoms with Gasteiger partial charge in [0.1, 0.15) is 0 Å². The highest BCUT2D eigenvalue weighted by Crippen LogP contribution is 2.35. The molecule has 2 rings (SSSR count). The molecule has 2 aliphatic heterocycles. The van der Waals surface area contributed by atoms with Crippen molar-refractivity contribution in [3.8, 4) is 0 Å². The lowest BCUT2D eigenvalue weighted by molar-refractivity contribution is 0.268. The lowest BCUT2D eigenvalue weighted by atomic mass is 9.81. The maximum atomic E-state index is 11.4. The minimum Gasteiger partial charge on any atom is -0.229 e. The monoisotopic (exact) mass is 352 g/mol. The number of rotatable bonds is 0. The molecule has 6 heteroatoms. The van der Waals surface area contributed by atoms with Crippen molar-refractivity contribution in [1.29, 1.82) is 0 Å². The molecular formula is C16H32O4S2. The SMILES string of the molecule is CC(C)(C)C1CCCS1(=O)=O.CC(C)(C)C1CCS(=O)(=O)C1. The molecule has 2 saturated heterocycles. The summed E-state index contributed by atoms with van der Waals surface area (Å²) in [6.45, 7) is 12.3. The minimum absolute atomic E-state index is 0.0741. The van der Waals surface area contributed by atoms with Crippen molar-refractivity contribution >= 4 is 19.7 Å². The number of hydrogen-bond acceptors (Lipinski definition) is 4. The van der Waals surface area contributed by atoms with Crippen molar-refractivity contribution in [2.75, 3.05) is 17.3 Å². The molecule has 0 aromatic heterocycles. The van der Waals surface area contributed by atoms with Crippen LogP contribution < -0.4 is 0 Å². The molecule has 0 radical (unpaired) electrons. The second-order valence-corrected chi connectivity index (χ2v) is 13.4. The molecule has 2 heterocycles. The maximum Gasteiger partial charge on any atom is 0.153 e. The van der Waals surface area contributed by atoms with Gasteiger partial charge in [-0.3, -0.25) is 0 Å². The first-order valence-electron chi connectivity index (χ1n) is 8.07. The van der Waals surface area contributed by atoms with E-state index in [1.165, 1.54) is 0 Å². The first-order valence-corrected chi connectivity index (χ1v) is 11.6. The van der Waals surface area contributed by atoms with Gasteiger partial charge in [-0.1, -0.05) is 41.5 Å². The lowest BCUT2D eigenvalue weighted by Crippen LogP contribution is -2.30. The molecule has 2 unspecified atom stereocenters. The van der Waals surface area contributed by atoms with Gasteiger partial charge in [0, 0.05) is 0 Å². The normalized spacial score (nSPS) is 30.6. The average molecular weight is 353 g/mol. The molecule has 0 spiro atoms. The van der Waals surface area contributed by atoms with Crippen LogP contribution in [-0.2, 0) is 19.7 Å². The van der Waals surface area contributed by atoms with Gasteiger partial charge >= 0.3 is 0 Å². The molecule has 0 saturated carbocycles. The van der Waals surface area contributed by atoms with Gasteiger partial charge in [0.15, 0.2) is 19.7 Å². The third kappa shape index (κ3) is 5.52. The second kappa shape index (κ2) is 6.42. The average Bonchev–Trinajstić information content (AvgIpc) is 2.79. The molecule has 132 valence electrons. The summed E-state index contributed by atoms with van der Waals surface area (Å²) in [5.41, 5.74) is 0.0822. The van der Waals surface area contributed by atoms with Gasteiger partial charge in [0.05, 0.1) is 22.5 Å². The van der Waals surface area contributed by atoms with E-state index < -0.39 is 19.7 Å². The first-order chi connectivity index (χ1) is 9.65. The standard InChI is InChI=1S/2C8H16O2S/c1-8(2,3)7-4-5-11(9,10)6-7;1-8(2,3)7-5-4-6-11(7,9)10/h2*7H,4-6H2,1-3H3. The zero-order valence-corrected chi connectivity index (χ0v) is 16.5. The lowest BCUT2D eigenvalue weighted by Gasteiger charge is -2.25. The van der Waals surface area contributed by atoms with Crippen LogP contribution in [0.25, 0.3) is 0 Å². The fourth-order valence-corrected chi connectivity index (χ4v) is 7.79. The summed E-state index contributed by atoms with van der Waals surface area (Å²) in [5, 5.41) is -0.102. The summed E-state index contributed by atoms with van der Waals surface area (Å²) >= 11 is 0. The molecule has 4 nitrogen and oxygen atoms in total. The Balaban J connectivity index is 0.000000220. The Morgan fingerprint density at radius 1 is 0.773 bits per heavy atom. The molecule has 22 heavy (non-hydrogen) atoms. The minimum atomic E-state index is -2.74. The van der Waals surface area contributed by atoms with Gasteiger partial charge in [-0.25, -0.2) is 16.8 Å². The van der Waals surface area contributed by atoms with Crippen molar-refractivity contribution in [1.82, 2.24) is 0 Å². The molecule has 0 aromatic rings. The number of sulfone groups is 2. The first kappa shape index (κ1) is 19.9.